The first-order valence-electron chi connectivity index (χ1n) is 13.7. The van der Waals surface area contributed by atoms with Gasteiger partial charge >= 0.3 is 5.97 Å². The van der Waals surface area contributed by atoms with E-state index < -0.39 is 47.2 Å². The second-order valence-corrected chi connectivity index (χ2v) is 11.1. The van der Waals surface area contributed by atoms with Crippen LogP contribution >= 0.6 is 0 Å². The smallest absolute Gasteiger partial charge is 0.339 e. The zero-order valence-corrected chi connectivity index (χ0v) is 23.2. The van der Waals surface area contributed by atoms with Crippen LogP contribution in [0.15, 0.2) is 76.9 Å². The van der Waals surface area contributed by atoms with E-state index >= 15 is 0 Å². The highest BCUT2D eigenvalue weighted by molar-refractivity contribution is 6.25. The maximum Gasteiger partial charge on any atom is 0.339 e. The predicted octanol–water partition coefficient (Wildman–Crippen LogP) is 3.98. The molecule has 0 saturated carbocycles. The molecular weight excluding hydrogens is 554 g/mol. The van der Waals surface area contributed by atoms with Gasteiger partial charge in [0.25, 0.3) is 0 Å². The number of phenols is 2. The lowest BCUT2D eigenvalue weighted by Crippen LogP contribution is -2.40. The maximum absolute atomic E-state index is 13.9. The first kappa shape index (κ1) is 27.9. The van der Waals surface area contributed by atoms with Gasteiger partial charge in [0.05, 0.1) is 24.6 Å². The van der Waals surface area contributed by atoms with E-state index in [2.05, 4.69) is 0 Å². The molecule has 1 heterocycles. The lowest BCUT2D eigenvalue weighted by atomic mass is 9.60. The summed E-state index contributed by atoms with van der Waals surface area (Å²) in [6.45, 7) is 1.59. The van der Waals surface area contributed by atoms with E-state index in [9.17, 15) is 39.3 Å². The van der Waals surface area contributed by atoms with Gasteiger partial charge in [-0.3, -0.25) is 19.2 Å². The van der Waals surface area contributed by atoms with Crippen LogP contribution in [0.4, 0.5) is 5.69 Å². The second-order valence-electron chi connectivity index (χ2n) is 11.1. The van der Waals surface area contributed by atoms with Crippen molar-refractivity contribution in [1.29, 1.82) is 0 Å². The van der Waals surface area contributed by atoms with E-state index in [1.807, 2.05) is 6.08 Å². The number of methoxy groups -OCH3 is 1. The summed E-state index contributed by atoms with van der Waals surface area (Å²) >= 11 is 0. The molecule has 0 bridgehead atoms. The van der Waals surface area contributed by atoms with Gasteiger partial charge in [-0.15, -0.1) is 0 Å². The molecule has 4 unspecified atom stereocenters. The van der Waals surface area contributed by atoms with Crippen LogP contribution in [0.5, 0.6) is 17.2 Å². The summed E-state index contributed by atoms with van der Waals surface area (Å²) in [5.41, 5.74) is 2.14. The lowest BCUT2D eigenvalue weighted by Gasteiger charge is -2.41. The molecule has 0 radical (unpaired) electrons. The molecule has 3 aliphatic carbocycles. The van der Waals surface area contributed by atoms with Crippen molar-refractivity contribution in [3.8, 4) is 17.2 Å². The number of carbonyl (C=O) groups is 5. The minimum Gasteiger partial charge on any atom is -0.507 e. The number of aromatic carboxylic acids is 1. The van der Waals surface area contributed by atoms with Gasteiger partial charge < -0.3 is 20.1 Å². The Morgan fingerprint density at radius 1 is 1.00 bits per heavy atom. The fourth-order valence-electron chi connectivity index (χ4n) is 6.74. The number of fused-ring (bicyclic) bond motifs is 3. The van der Waals surface area contributed by atoms with Crippen molar-refractivity contribution in [2.24, 2.45) is 23.7 Å². The van der Waals surface area contributed by atoms with Crippen molar-refractivity contribution in [1.82, 2.24) is 0 Å². The Balaban J connectivity index is 1.41. The zero-order valence-electron chi connectivity index (χ0n) is 23.2. The van der Waals surface area contributed by atoms with Gasteiger partial charge in [-0.2, -0.15) is 0 Å². The first-order valence-corrected chi connectivity index (χ1v) is 13.7. The number of ether oxygens (including phenoxy) is 1. The third-order valence-electron chi connectivity index (χ3n) is 8.77. The standard InChI is InChI=1S/C33H27NO9/c1-15-11-25(36)23-14-22-18(19(28(23)30(15)38)6-3-16-4-10-24(35)27(12-16)43-2)8-9-21-29(22)32(40)34(31(21)39)17-5-7-20(33(41)42)26(37)13-17/h3-8,10-13,19,21-22,29,35,37H,9,14H2,1-2H3,(H,41,42). The average Bonchev–Trinajstić information content (AvgIpc) is 3.23. The molecule has 4 atom stereocenters. The number of ketones is 2. The monoisotopic (exact) mass is 581 g/mol. The van der Waals surface area contributed by atoms with Crippen molar-refractivity contribution < 1.29 is 44.0 Å². The van der Waals surface area contributed by atoms with Crippen molar-refractivity contribution in [2.75, 3.05) is 12.0 Å². The van der Waals surface area contributed by atoms with Crippen LogP contribution in [0.2, 0.25) is 0 Å². The molecule has 0 aromatic heterocycles. The predicted molar refractivity (Wildman–Crippen MR) is 153 cm³/mol. The summed E-state index contributed by atoms with van der Waals surface area (Å²) < 4.78 is 5.21. The third-order valence-corrected chi connectivity index (χ3v) is 8.77. The number of imide groups is 1. The molecule has 1 fully saturated rings. The van der Waals surface area contributed by atoms with Gasteiger partial charge in [0.2, 0.25) is 11.8 Å². The number of phenolic OH excluding ortho intramolecular Hbond substituents is 1. The number of carbonyl (C=O) groups excluding carboxylic acids is 4. The van der Waals surface area contributed by atoms with Crippen LogP contribution in [-0.4, -0.2) is 51.8 Å². The number of nitrogens with zero attached hydrogens (tertiary/aromatic N) is 1. The number of Topliss-reactive ketones (excluding diaryl/α,β-unsaturated/α-hetero) is 1. The number of allylic oxidation sites excluding steroid dienone is 7. The normalized spacial score (nSPS) is 24.9. The van der Waals surface area contributed by atoms with E-state index in [0.29, 0.717) is 22.3 Å². The van der Waals surface area contributed by atoms with Gasteiger partial charge in [-0.1, -0.05) is 29.9 Å². The highest BCUT2D eigenvalue weighted by Gasteiger charge is 2.56. The van der Waals surface area contributed by atoms with Gasteiger partial charge in [-0.25, -0.2) is 9.69 Å². The highest BCUT2D eigenvalue weighted by atomic mass is 16.5. The van der Waals surface area contributed by atoms with Crippen LogP contribution in [0.3, 0.4) is 0 Å². The summed E-state index contributed by atoms with van der Waals surface area (Å²) in [6, 6.07) is 8.32. The number of hydrogen-bond donors (Lipinski definition) is 3. The molecule has 2 aromatic rings. The van der Waals surface area contributed by atoms with Crippen LogP contribution in [0.25, 0.3) is 6.08 Å². The summed E-state index contributed by atoms with van der Waals surface area (Å²) in [4.78, 5) is 66.5. The first-order chi connectivity index (χ1) is 20.5. The number of rotatable bonds is 5. The van der Waals surface area contributed by atoms with E-state index in [1.54, 1.807) is 31.2 Å². The molecule has 0 spiro atoms. The highest BCUT2D eigenvalue weighted by Crippen LogP contribution is 2.53. The van der Waals surface area contributed by atoms with E-state index in [4.69, 9.17) is 4.74 Å². The Kier molecular flexibility index (Phi) is 6.64. The van der Waals surface area contributed by atoms with Gasteiger partial charge in [-0.05, 0) is 61.6 Å². The second kappa shape index (κ2) is 10.2. The van der Waals surface area contributed by atoms with Gasteiger partial charge in [0.15, 0.2) is 23.1 Å². The number of carboxylic acid groups (broad SMARTS) is 1. The number of benzene rings is 2. The van der Waals surface area contributed by atoms with Crippen LogP contribution in [0, 0.1) is 23.7 Å². The molecule has 1 saturated heterocycles. The van der Waals surface area contributed by atoms with Crippen molar-refractivity contribution >= 4 is 41.1 Å². The van der Waals surface area contributed by atoms with E-state index in [-0.39, 0.29) is 47.2 Å². The molecule has 10 heteroatoms. The number of aromatic hydroxyl groups is 2. The van der Waals surface area contributed by atoms with E-state index in [0.717, 1.165) is 22.6 Å². The molecule has 43 heavy (non-hydrogen) atoms. The summed E-state index contributed by atoms with van der Waals surface area (Å²) in [6.07, 6.45) is 7.09. The average molecular weight is 582 g/mol. The Labute approximate surface area is 245 Å². The fraction of sp³-hybridized carbons (Fsp3) is 0.242. The lowest BCUT2D eigenvalue weighted by molar-refractivity contribution is -0.123. The topological polar surface area (TPSA) is 159 Å². The third kappa shape index (κ3) is 4.37. The molecule has 6 rings (SSSR count). The summed E-state index contributed by atoms with van der Waals surface area (Å²) in [7, 11) is 1.43. The van der Waals surface area contributed by atoms with Crippen LogP contribution < -0.4 is 9.64 Å². The van der Waals surface area contributed by atoms with Crippen molar-refractivity contribution in [3.63, 3.8) is 0 Å². The number of carboxylic acids is 1. The van der Waals surface area contributed by atoms with Gasteiger partial charge in [0, 0.05) is 28.7 Å². The van der Waals surface area contributed by atoms with Crippen LogP contribution in [-0.2, 0) is 19.2 Å². The molecule has 218 valence electrons. The molecule has 2 amide bonds. The summed E-state index contributed by atoms with van der Waals surface area (Å²) in [5.74, 6) is -5.94. The minimum atomic E-state index is -1.35. The molecule has 1 aliphatic heterocycles. The molecular formula is C33H27NO9. The molecule has 3 N–H and O–H groups in total. The number of amides is 2. The molecule has 2 aromatic carbocycles. The van der Waals surface area contributed by atoms with E-state index in [1.165, 1.54) is 25.3 Å². The quantitative estimate of drug-likeness (QED) is 0.270. The Hall–Kier alpha value is -5.25. The fourth-order valence-corrected chi connectivity index (χ4v) is 6.74. The molecule has 10 nitrogen and oxygen atoms in total. The summed E-state index contributed by atoms with van der Waals surface area (Å²) in [5, 5.41) is 29.5. The van der Waals surface area contributed by atoms with Crippen molar-refractivity contribution in [3.05, 3.63) is 88.0 Å². The largest absolute Gasteiger partial charge is 0.507 e. The van der Waals surface area contributed by atoms with Gasteiger partial charge in [0.1, 0.15) is 11.3 Å². The zero-order chi connectivity index (χ0) is 30.7. The Bertz CT molecular complexity index is 1780. The van der Waals surface area contributed by atoms with Crippen LogP contribution in [0.1, 0.15) is 35.7 Å². The minimum absolute atomic E-state index is 0.0305. The Morgan fingerprint density at radius 3 is 2.47 bits per heavy atom. The molecule has 4 aliphatic rings. The number of hydrogen-bond acceptors (Lipinski definition) is 8. The maximum atomic E-state index is 13.9. The number of anilines is 1. The Morgan fingerprint density at radius 2 is 1.77 bits per heavy atom. The SMILES string of the molecule is COc1cc(C=CC2C3=CCC4C(=O)N(c5ccc(C(=O)O)c(O)c5)C(=O)C4C3CC3=C2C(=O)C(C)=CC3=O)ccc1O. The van der Waals surface area contributed by atoms with Crippen molar-refractivity contribution in [2.45, 2.75) is 19.8 Å².